The Balaban J connectivity index is 3.11. The third-order valence-electron chi connectivity index (χ3n) is 2.77. The summed E-state index contributed by atoms with van der Waals surface area (Å²) < 4.78 is 11.1. The molecule has 0 saturated carbocycles. The Hall–Kier alpha value is -1.46. The summed E-state index contributed by atoms with van der Waals surface area (Å²) >= 11 is 6.05. The molecule has 6 heteroatoms. The minimum absolute atomic E-state index is 0.114. The molecular formula is C14H21ClN2O3. The molecule has 1 aromatic carbocycles. The predicted octanol–water partition coefficient (Wildman–Crippen LogP) is 1.92. The van der Waals surface area contributed by atoms with Gasteiger partial charge >= 0.3 is 0 Å². The first-order chi connectivity index (χ1) is 9.40. The molecule has 0 aromatic heterocycles. The van der Waals surface area contributed by atoms with Gasteiger partial charge in [-0.1, -0.05) is 11.6 Å². The molecule has 112 valence electrons. The van der Waals surface area contributed by atoms with E-state index in [-0.39, 0.29) is 5.91 Å². The summed E-state index contributed by atoms with van der Waals surface area (Å²) in [5.74, 6) is 0.938. The van der Waals surface area contributed by atoms with Gasteiger partial charge in [-0.3, -0.25) is 4.79 Å². The van der Waals surface area contributed by atoms with E-state index in [0.717, 1.165) is 5.56 Å². The van der Waals surface area contributed by atoms with E-state index in [1.54, 1.807) is 40.3 Å². The second-order valence-electron chi connectivity index (χ2n) is 4.62. The zero-order chi connectivity index (χ0) is 15.3. The van der Waals surface area contributed by atoms with Crippen molar-refractivity contribution in [2.45, 2.75) is 19.6 Å². The van der Waals surface area contributed by atoms with Crippen LogP contribution in [-0.4, -0.2) is 45.2 Å². The largest absolute Gasteiger partial charge is 0.493 e. The van der Waals surface area contributed by atoms with Crippen LogP contribution in [0.3, 0.4) is 0 Å². The number of halogens is 1. The van der Waals surface area contributed by atoms with E-state index in [9.17, 15) is 4.79 Å². The molecule has 0 fully saturated rings. The molecule has 1 aromatic rings. The third-order valence-corrected chi connectivity index (χ3v) is 2.99. The van der Waals surface area contributed by atoms with Crippen molar-refractivity contribution in [2.24, 2.45) is 0 Å². The minimum Gasteiger partial charge on any atom is -0.493 e. The van der Waals surface area contributed by atoms with Gasteiger partial charge in [0.15, 0.2) is 17.6 Å². The predicted molar refractivity (Wildman–Crippen MR) is 79.6 cm³/mol. The van der Waals surface area contributed by atoms with Crippen molar-refractivity contribution >= 4 is 17.5 Å². The number of rotatable bonds is 6. The van der Waals surface area contributed by atoms with Crippen molar-refractivity contribution in [2.75, 3.05) is 28.3 Å². The maximum Gasteiger partial charge on any atom is 0.262 e. The Kier molecular flexibility index (Phi) is 6.10. The highest BCUT2D eigenvalue weighted by Crippen LogP contribution is 2.35. The molecule has 0 aliphatic rings. The first-order valence-corrected chi connectivity index (χ1v) is 6.67. The second-order valence-corrected chi connectivity index (χ2v) is 5.06. The van der Waals surface area contributed by atoms with E-state index in [4.69, 9.17) is 21.1 Å². The Morgan fingerprint density at radius 2 is 2.10 bits per heavy atom. The van der Waals surface area contributed by atoms with Gasteiger partial charge in [0.25, 0.3) is 5.91 Å². The van der Waals surface area contributed by atoms with Crippen LogP contribution in [0.5, 0.6) is 11.5 Å². The van der Waals surface area contributed by atoms with Gasteiger partial charge < -0.3 is 19.7 Å². The van der Waals surface area contributed by atoms with E-state index in [2.05, 4.69) is 5.32 Å². The summed E-state index contributed by atoms with van der Waals surface area (Å²) in [5, 5.41) is 3.60. The van der Waals surface area contributed by atoms with E-state index in [1.165, 1.54) is 4.90 Å². The van der Waals surface area contributed by atoms with Crippen LogP contribution in [0.15, 0.2) is 12.1 Å². The van der Waals surface area contributed by atoms with E-state index in [1.807, 2.05) is 7.05 Å². The second kappa shape index (κ2) is 7.36. The molecule has 1 rings (SSSR count). The fraction of sp³-hybridized carbons (Fsp3) is 0.500. The fourth-order valence-corrected chi connectivity index (χ4v) is 2.05. The van der Waals surface area contributed by atoms with Gasteiger partial charge in [0.1, 0.15) is 0 Å². The highest BCUT2D eigenvalue weighted by Gasteiger charge is 2.21. The summed E-state index contributed by atoms with van der Waals surface area (Å²) in [7, 11) is 6.75. The van der Waals surface area contributed by atoms with Crippen LogP contribution >= 0.6 is 11.6 Å². The lowest BCUT2D eigenvalue weighted by molar-refractivity contribution is -0.135. The van der Waals surface area contributed by atoms with Crippen molar-refractivity contribution in [1.82, 2.24) is 10.2 Å². The molecule has 5 nitrogen and oxygen atoms in total. The highest BCUT2D eigenvalue weighted by atomic mass is 35.5. The molecule has 0 aliphatic heterocycles. The molecule has 1 N–H and O–H groups in total. The van der Waals surface area contributed by atoms with Crippen LogP contribution in [0.1, 0.15) is 12.5 Å². The van der Waals surface area contributed by atoms with Gasteiger partial charge in [-0.15, -0.1) is 0 Å². The number of hydrogen-bond acceptors (Lipinski definition) is 4. The quantitative estimate of drug-likeness (QED) is 0.872. The number of carbonyl (C=O) groups is 1. The number of carbonyl (C=O) groups excluding carboxylic acids is 1. The van der Waals surface area contributed by atoms with Gasteiger partial charge in [-0.25, -0.2) is 0 Å². The average molecular weight is 301 g/mol. The fourth-order valence-electron chi connectivity index (χ4n) is 1.82. The van der Waals surface area contributed by atoms with Gasteiger partial charge in [0.05, 0.1) is 7.11 Å². The van der Waals surface area contributed by atoms with Crippen LogP contribution in [0.4, 0.5) is 0 Å². The van der Waals surface area contributed by atoms with E-state index >= 15 is 0 Å². The van der Waals surface area contributed by atoms with Crippen molar-refractivity contribution in [3.05, 3.63) is 22.7 Å². The van der Waals surface area contributed by atoms with E-state index < -0.39 is 6.10 Å². The van der Waals surface area contributed by atoms with Crippen molar-refractivity contribution in [3.63, 3.8) is 0 Å². The van der Waals surface area contributed by atoms with Gasteiger partial charge in [-0.2, -0.15) is 0 Å². The minimum atomic E-state index is -0.601. The normalized spacial score (nSPS) is 11.9. The van der Waals surface area contributed by atoms with Crippen molar-refractivity contribution in [1.29, 1.82) is 0 Å². The van der Waals surface area contributed by atoms with Crippen LogP contribution in [0, 0.1) is 0 Å². The molecule has 20 heavy (non-hydrogen) atoms. The number of ether oxygens (including phenoxy) is 2. The first-order valence-electron chi connectivity index (χ1n) is 6.29. The number of nitrogens with one attached hydrogen (secondary N) is 1. The summed E-state index contributed by atoms with van der Waals surface area (Å²) in [4.78, 5) is 13.4. The maximum atomic E-state index is 11.9. The molecule has 1 unspecified atom stereocenters. The molecular weight excluding hydrogens is 280 g/mol. The molecule has 0 saturated heterocycles. The molecule has 1 amide bonds. The topological polar surface area (TPSA) is 50.8 Å². The zero-order valence-corrected chi connectivity index (χ0v) is 13.2. The van der Waals surface area contributed by atoms with Crippen LogP contribution in [-0.2, 0) is 11.3 Å². The van der Waals surface area contributed by atoms with Crippen LogP contribution in [0.2, 0.25) is 5.02 Å². The Morgan fingerprint density at radius 3 is 2.60 bits per heavy atom. The number of methoxy groups -OCH3 is 1. The van der Waals surface area contributed by atoms with Crippen LogP contribution in [0.25, 0.3) is 0 Å². The van der Waals surface area contributed by atoms with Crippen LogP contribution < -0.4 is 14.8 Å². The van der Waals surface area contributed by atoms with Crippen molar-refractivity contribution < 1.29 is 14.3 Å². The molecule has 0 aliphatic carbocycles. The number of amides is 1. The molecule has 0 radical (unpaired) electrons. The molecule has 0 heterocycles. The lowest BCUT2D eigenvalue weighted by atomic mass is 10.1. The molecule has 0 spiro atoms. The number of benzene rings is 1. The number of hydrogen-bond donors (Lipinski definition) is 1. The average Bonchev–Trinajstić information content (AvgIpc) is 2.40. The Labute approximate surface area is 124 Å². The summed E-state index contributed by atoms with van der Waals surface area (Å²) in [6, 6.07) is 3.46. The van der Waals surface area contributed by atoms with Crippen molar-refractivity contribution in [3.8, 4) is 11.5 Å². The van der Waals surface area contributed by atoms with E-state index in [0.29, 0.717) is 23.1 Å². The summed E-state index contributed by atoms with van der Waals surface area (Å²) in [6.45, 7) is 2.27. The van der Waals surface area contributed by atoms with Gasteiger partial charge in [0.2, 0.25) is 0 Å². The maximum absolute atomic E-state index is 11.9. The molecule has 0 bridgehead atoms. The zero-order valence-electron chi connectivity index (χ0n) is 12.5. The van der Waals surface area contributed by atoms with Gasteiger partial charge in [-0.05, 0) is 20.0 Å². The lowest BCUT2D eigenvalue weighted by Gasteiger charge is -2.21. The first kappa shape index (κ1) is 16.6. The highest BCUT2D eigenvalue weighted by molar-refractivity contribution is 6.30. The standard InChI is InChI=1S/C14H21ClN2O3/c1-9(14(18)17(3)4)20-13-10(8-16-2)6-11(15)7-12(13)19-5/h6-7,9,16H,8H2,1-5H3. The summed E-state index contributed by atoms with van der Waals surface area (Å²) in [6.07, 6.45) is -0.601. The number of nitrogens with zero attached hydrogens (tertiary/aromatic N) is 1. The van der Waals surface area contributed by atoms with Gasteiger partial charge in [0, 0.05) is 37.3 Å². The summed E-state index contributed by atoms with van der Waals surface area (Å²) in [5.41, 5.74) is 0.843. The molecule has 1 atom stereocenters. The third kappa shape index (κ3) is 4.02. The number of likely N-dealkylation sites (N-methyl/N-ethyl adjacent to an activating group) is 1. The Morgan fingerprint density at radius 1 is 1.45 bits per heavy atom. The Bertz CT molecular complexity index is 478. The lowest BCUT2D eigenvalue weighted by Crippen LogP contribution is -2.35. The SMILES string of the molecule is CNCc1cc(Cl)cc(OC)c1OC(C)C(=O)N(C)C. The monoisotopic (exact) mass is 300 g/mol. The smallest absolute Gasteiger partial charge is 0.262 e.